The number of benzene rings is 1. The van der Waals surface area contributed by atoms with Crippen molar-refractivity contribution < 1.29 is 66.4 Å². The zero-order valence-electron chi connectivity index (χ0n) is 31.3. The molecule has 304 valence electrons. The fourth-order valence-corrected chi connectivity index (χ4v) is 5.14. The van der Waals surface area contributed by atoms with Crippen molar-refractivity contribution in [2.75, 3.05) is 172 Å². The van der Waals surface area contributed by atoms with Crippen LogP contribution in [0.1, 0.15) is 33.6 Å². The second-order valence-electron chi connectivity index (χ2n) is 11.9. The summed E-state index contributed by atoms with van der Waals surface area (Å²) in [6.45, 7) is 13.4. The predicted molar refractivity (Wildman–Crippen MR) is 193 cm³/mol. The summed E-state index contributed by atoms with van der Waals surface area (Å²) >= 11 is 0. The number of nitrogens with one attached hydrogen (secondary N) is 1. The van der Waals surface area contributed by atoms with Gasteiger partial charge in [0.2, 0.25) is 0 Å². The number of nitrogens with zero attached hydrogens (tertiary/aromatic N) is 1. The van der Waals surface area contributed by atoms with Crippen molar-refractivity contribution >= 4 is 11.8 Å². The molecule has 2 heterocycles. The minimum atomic E-state index is -0.278. The number of amides is 2. The van der Waals surface area contributed by atoms with E-state index in [9.17, 15) is 9.59 Å². The van der Waals surface area contributed by atoms with Crippen molar-refractivity contribution in [1.29, 1.82) is 0 Å². The first-order chi connectivity index (χ1) is 26.3. The average molecular weight is 759 g/mol. The van der Waals surface area contributed by atoms with E-state index in [1.165, 1.54) is 4.90 Å². The third-order valence-electron chi connectivity index (χ3n) is 7.92. The third-order valence-corrected chi connectivity index (χ3v) is 7.92. The molecule has 3 rings (SSSR count). The van der Waals surface area contributed by atoms with Crippen molar-refractivity contribution in [2.24, 2.45) is 0 Å². The van der Waals surface area contributed by atoms with Gasteiger partial charge in [0.15, 0.2) is 0 Å². The van der Waals surface area contributed by atoms with Gasteiger partial charge in [0.25, 0.3) is 11.8 Å². The third kappa shape index (κ3) is 22.1. The second kappa shape index (κ2) is 32.1. The first kappa shape index (κ1) is 45.2. The maximum atomic E-state index is 12.3. The van der Waals surface area contributed by atoms with Crippen LogP contribution in [0, 0.1) is 0 Å². The molecule has 2 aliphatic rings. The smallest absolute Gasteiger partial charge is 0.261 e. The Labute approximate surface area is 314 Å². The molecule has 1 fully saturated rings. The summed E-state index contributed by atoms with van der Waals surface area (Å²) in [6.07, 6.45) is 2.51. The predicted octanol–water partition coefficient (Wildman–Crippen LogP) is 1.23. The van der Waals surface area contributed by atoms with Crippen molar-refractivity contribution in [1.82, 2.24) is 10.2 Å². The molecule has 0 radical (unpaired) electrons. The average Bonchev–Trinajstić information content (AvgIpc) is 3.43. The van der Waals surface area contributed by atoms with E-state index in [1.54, 1.807) is 24.3 Å². The van der Waals surface area contributed by atoms with Crippen LogP contribution in [0.2, 0.25) is 0 Å². The van der Waals surface area contributed by atoms with E-state index in [0.717, 1.165) is 25.9 Å². The van der Waals surface area contributed by atoms with E-state index in [-0.39, 0.29) is 25.0 Å². The lowest BCUT2D eigenvalue weighted by atomic mass is 10.1. The van der Waals surface area contributed by atoms with Crippen molar-refractivity contribution in [2.45, 2.75) is 18.9 Å². The molecule has 1 saturated heterocycles. The molecule has 16 nitrogen and oxygen atoms in total. The zero-order chi connectivity index (χ0) is 37.3. The van der Waals surface area contributed by atoms with Gasteiger partial charge < -0.3 is 62.2 Å². The SMILES string of the molecule is O=C1c2ccccc2C(=O)N1CCOCCOCCOCCOCCOCCOCCOCCOCCOCCOCCOCCOC1CCNCC1. The van der Waals surface area contributed by atoms with E-state index in [4.69, 9.17) is 56.8 Å². The molecule has 53 heavy (non-hydrogen) atoms. The number of hydrogen-bond donors (Lipinski definition) is 1. The molecule has 1 aromatic rings. The van der Waals surface area contributed by atoms with E-state index in [2.05, 4.69) is 5.32 Å². The van der Waals surface area contributed by atoms with Crippen molar-refractivity contribution in [3.63, 3.8) is 0 Å². The molecule has 0 spiro atoms. The highest BCUT2D eigenvalue weighted by Crippen LogP contribution is 2.21. The highest BCUT2D eigenvalue weighted by atomic mass is 16.6. The lowest BCUT2D eigenvalue weighted by Crippen LogP contribution is -2.33. The minimum absolute atomic E-state index is 0.214. The Bertz CT molecular complexity index is 1010. The summed E-state index contributed by atoms with van der Waals surface area (Å²) in [7, 11) is 0. The molecular formula is C37H62N2O14. The summed E-state index contributed by atoms with van der Waals surface area (Å²) in [5, 5.41) is 3.33. The molecule has 0 aliphatic carbocycles. The standard InChI is InChI=1S/C37H62N2O14/c40-36-34-3-1-2-4-35(34)37(41)39(36)9-10-42-11-12-43-13-14-44-15-16-45-17-18-46-19-20-47-21-22-48-23-24-49-25-26-50-27-28-51-29-30-52-31-32-53-33-5-7-38-8-6-33/h1-4,33,38H,5-32H2. The van der Waals surface area contributed by atoms with Crippen LogP contribution in [0.3, 0.4) is 0 Å². The van der Waals surface area contributed by atoms with Crippen LogP contribution in [0.25, 0.3) is 0 Å². The number of imide groups is 1. The number of hydrogen-bond acceptors (Lipinski definition) is 15. The van der Waals surface area contributed by atoms with Gasteiger partial charge in [-0.3, -0.25) is 14.5 Å². The second-order valence-corrected chi connectivity index (χ2v) is 11.9. The summed E-state index contributed by atoms with van der Waals surface area (Å²) < 4.78 is 66.2. The molecular weight excluding hydrogens is 696 g/mol. The maximum absolute atomic E-state index is 12.3. The monoisotopic (exact) mass is 758 g/mol. The van der Waals surface area contributed by atoms with Crippen LogP contribution in [-0.2, 0) is 56.8 Å². The summed E-state index contributed by atoms with van der Waals surface area (Å²) in [4.78, 5) is 25.8. The van der Waals surface area contributed by atoms with E-state index < -0.39 is 0 Å². The van der Waals surface area contributed by atoms with Crippen molar-refractivity contribution in [3.8, 4) is 0 Å². The lowest BCUT2D eigenvalue weighted by molar-refractivity contribution is -0.0326. The Balaban J connectivity index is 0.900. The van der Waals surface area contributed by atoms with Gasteiger partial charge in [-0.15, -0.1) is 0 Å². The first-order valence-corrected chi connectivity index (χ1v) is 18.9. The van der Waals surface area contributed by atoms with Gasteiger partial charge in [-0.05, 0) is 38.1 Å². The van der Waals surface area contributed by atoms with Gasteiger partial charge in [-0.1, -0.05) is 12.1 Å². The highest BCUT2D eigenvalue weighted by Gasteiger charge is 2.34. The zero-order valence-corrected chi connectivity index (χ0v) is 31.3. The Morgan fingerprint density at radius 3 is 1.04 bits per heavy atom. The lowest BCUT2D eigenvalue weighted by Gasteiger charge is -2.22. The highest BCUT2D eigenvalue weighted by molar-refractivity contribution is 6.21. The van der Waals surface area contributed by atoms with E-state index >= 15 is 0 Å². The van der Waals surface area contributed by atoms with Gasteiger partial charge in [0.1, 0.15) is 0 Å². The van der Waals surface area contributed by atoms with Gasteiger partial charge in [0, 0.05) is 0 Å². The van der Waals surface area contributed by atoms with Crippen LogP contribution in [0.5, 0.6) is 0 Å². The molecule has 0 aromatic heterocycles. The molecule has 1 aromatic carbocycles. The summed E-state index contributed by atoms with van der Waals surface area (Å²) in [6, 6.07) is 6.82. The number of carbonyl (C=O) groups excluding carboxylic acids is 2. The van der Waals surface area contributed by atoms with Crippen LogP contribution in [0.4, 0.5) is 0 Å². The van der Waals surface area contributed by atoms with Crippen LogP contribution < -0.4 is 5.32 Å². The normalized spacial score (nSPS) is 14.8. The fraction of sp³-hybridized carbons (Fsp3) is 0.784. The Morgan fingerprint density at radius 1 is 0.434 bits per heavy atom. The number of rotatable bonds is 37. The van der Waals surface area contributed by atoms with E-state index in [0.29, 0.717) is 163 Å². The molecule has 0 unspecified atom stereocenters. The van der Waals surface area contributed by atoms with Gasteiger partial charge >= 0.3 is 0 Å². The van der Waals surface area contributed by atoms with Crippen LogP contribution >= 0.6 is 0 Å². The number of piperidine rings is 1. The quantitative estimate of drug-likeness (QED) is 0.0762. The largest absolute Gasteiger partial charge is 0.377 e. The molecule has 2 amide bonds. The minimum Gasteiger partial charge on any atom is -0.377 e. The maximum Gasteiger partial charge on any atom is 0.261 e. The topological polar surface area (TPSA) is 160 Å². The van der Waals surface area contributed by atoms with Crippen LogP contribution in [-0.4, -0.2) is 194 Å². The van der Waals surface area contributed by atoms with E-state index in [1.807, 2.05) is 0 Å². The molecule has 0 atom stereocenters. The Kier molecular flexibility index (Phi) is 27.4. The number of carbonyl (C=O) groups is 2. The molecule has 1 N–H and O–H groups in total. The Hall–Kier alpha value is -2.16. The Morgan fingerprint density at radius 2 is 0.717 bits per heavy atom. The summed E-state index contributed by atoms with van der Waals surface area (Å²) in [5.74, 6) is -0.555. The molecule has 16 heteroatoms. The number of ether oxygens (including phenoxy) is 12. The van der Waals surface area contributed by atoms with Crippen molar-refractivity contribution in [3.05, 3.63) is 35.4 Å². The molecule has 0 bridgehead atoms. The van der Waals surface area contributed by atoms with Gasteiger partial charge in [-0.2, -0.15) is 0 Å². The van der Waals surface area contributed by atoms with Crippen LogP contribution in [0.15, 0.2) is 24.3 Å². The number of fused-ring (bicyclic) bond motifs is 1. The molecule has 2 aliphatic heterocycles. The summed E-state index contributed by atoms with van der Waals surface area (Å²) in [5.41, 5.74) is 0.884. The van der Waals surface area contributed by atoms with Gasteiger partial charge in [-0.25, -0.2) is 0 Å². The first-order valence-electron chi connectivity index (χ1n) is 18.9. The fourth-order valence-electron chi connectivity index (χ4n) is 5.14. The molecule has 0 saturated carbocycles. The van der Waals surface area contributed by atoms with Gasteiger partial charge in [0.05, 0.1) is 176 Å².